The van der Waals surface area contributed by atoms with Crippen molar-refractivity contribution in [3.63, 3.8) is 0 Å². The smallest absolute Gasteiger partial charge is 0.166 e. The first-order valence-corrected chi connectivity index (χ1v) is 36.4. The molecule has 0 aliphatic rings. The number of halogens is 4. The Bertz CT molecular complexity index is 5340. The van der Waals surface area contributed by atoms with Gasteiger partial charge in [-0.1, -0.05) is 186 Å². The second-order valence-corrected chi connectivity index (χ2v) is 27.4. The summed E-state index contributed by atoms with van der Waals surface area (Å²) in [6.07, 6.45) is 0. The van der Waals surface area contributed by atoms with Crippen LogP contribution in [-0.2, 0) is 28.8 Å². The van der Waals surface area contributed by atoms with Crippen molar-refractivity contribution in [2.45, 2.75) is 61.5 Å². The summed E-state index contributed by atoms with van der Waals surface area (Å²) in [5.41, 5.74) is 15.6. The van der Waals surface area contributed by atoms with Crippen molar-refractivity contribution in [2.24, 2.45) is 0 Å². The van der Waals surface area contributed by atoms with E-state index in [0.29, 0.717) is 5.75 Å². The summed E-state index contributed by atoms with van der Waals surface area (Å²) in [6, 6.07) is 73.5. The molecule has 0 saturated carbocycles. The fourth-order valence-corrected chi connectivity index (χ4v) is 14.3. The SMILES string of the molecule is COc1ccc(CSc2nc3ccc(F)cc3[nH]2)cc1.COc1ccc2nc(SCc3ccc4ccccc4c3)[nH]c2c1.COc1ccc2nc(SCc3cccc(F)c3)[nH]c2c1.Cc1ccc(CSc2nc3ccc(F)cc3[nH]2)cc1.Fc1ccc2nc(SCc3ccccc3)[nH]c2c1. The van der Waals surface area contributed by atoms with Crippen LogP contribution in [0.1, 0.15) is 33.4 Å². The number of aryl methyl sites for hydroxylation is 1. The maximum absolute atomic E-state index is 13.1. The molecule has 11 aromatic carbocycles. The number of aromatic nitrogens is 10. The summed E-state index contributed by atoms with van der Waals surface area (Å²) in [5, 5.41) is 6.73. The predicted molar refractivity (Wildman–Crippen MR) is 402 cm³/mol. The molecule has 0 aliphatic carbocycles. The Morgan fingerprint density at radius 1 is 0.280 bits per heavy atom. The molecule has 0 spiro atoms. The number of rotatable bonds is 18. The summed E-state index contributed by atoms with van der Waals surface area (Å²) in [7, 11) is 4.96. The Labute approximate surface area is 595 Å². The van der Waals surface area contributed by atoms with Crippen molar-refractivity contribution in [3.8, 4) is 17.2 Å². The van der Waals surface area contributed by atoms with Crippen LogP contribution in [0.15, 0.2) is 262 Å². The second kappa shape index (κ2) is 34.1. The van der Waals surface area contributed by atoms with Crippen molar-refractivity contribution in [2.75, 3.05) is 21.3 Å². The van der Waals surface area contributed by atoms with Gasteiger partial charge in [0.25, 0.3) is 0 Å². The number of benzene rings is 11. The molecule has 5 aromatic heterocycles. The van der Waals surface area contributed by atoms with Crippen molar-refractivity contribution in [1.82, 2.24) is 49.8 Å². The van der Waals surface area contributed by atoms with Gasteiger partial charge in [0.1, 0.15) is 40.5 Å². The molecule has 0 saturated heterocycles. The Hall–Kier alpha value is -10.1. The van der Waals surface area contributed by atoms with Crippen molar-refractivity contribution in [3.05, 3.63) is 293 Å². The van der Waals surface area contributed by atoms with E-state index in [2.05, 4.69) is 136 Å². The maximum atomic E-state index is 13.1. The lowest BCUT2D eigenvalue weighted by Crippen LogP contribution is -1.84. The van der Waals surface area contributed by atoms with Crippen molar-refractivity contribution < 1.29 is 31.8 Å². The van der Waals surface area contributed by atoms with Gasteiger partial charge in [0.2, 0.25) is 0 Å². The van der Waals surface area contributed by atoms with Gasteiger partial charge < -0.3 is 39.1 Å². The lowest BCUT2D eigenvalue weighted by atomic mass is 10.1. The van der Waals surface area contributed by atoms with Gasteiger partial charge in [-0.15, -0.1) is 0 Å². The number of imidazole rings is 5. The second-order valence-electron chi connectivity index (χ2n) is 22.5. The number of nitrogens with one attached hydrogen (secondary N) is 5. The van der Waals surface area contributed by atoms with E-state index in [9.17, 15) is 17.6 Å². The minimum Gasteiger partial charge on any atom is -0.497 e. The Balaban J connectivity index is 0.000000119. The molecule has 0 radical (unpaired) electrons. The van der Waals surface area contributed by atoms with Crippen LogP contribution >= 0.6 is 58.8 Å². The number of methoxy groups -OCH3 is 3. The highest BCUT2D eigenvalue weighted by molar-refractivity contribution is 7.99. The number of H-pyrrole nitrogens is 5. The molecule has 16 aromatic rings. The molecule has 0 unspecified atom stereocenters. The number of hydrogen-bond donors (Lipinski definition) is 5. The van der Waals surface area contributed by atoms with Gasteiger partial charge in [-0.25, -0.2) is 42.5 Å². The quantitative estimate of drug-likeness (QED) is 0.0406. The number of ether oxygens (including phenoxy) is 3. The molecule has 5 heterocycles. The molecule has 0 fully saturated rings. The largest absolute Gasteiger partial charge is 0.497 e. The lowest BCUT2D eigenvalue weighted by molar-refractivity contribution is 0.414. The zero-order chi connectivity index (χ0) is 69.2. The van der Waals surface area contributed by atoms with Crippen LogP contribution in [0.4, 0.5) is 17.6 Å². The van der Waals surface area contributed by atoms with Gasteiger partial charge in [-0.3, -0.25) is 0 Å². The third-order valence-corrected chi connectivity index (χ3v) is 20.0. The fraction of sp³-hybridized carbons (Fsp3) is 0.115. The number of hydrogen-bond acceptors (Lipinski definition) is 13. The molecule has 0 aliphatic heterocycles. The summed E-state index contributed by atoms with van der Waals surface area (Å²) in [5.74, 6) is 5.59. The van der Waals surface area contributed by atoms with E-state index in [0.717, 1.165) is 127 Å². The predicted octanol–water partition coefficient (Wildman–Crippen LogP) is 21.3. The van der Waals surface area contributed by atoms with E-state index in [1.165, 1.54) is 81.1 Å². The minimum atomic E-state index is -0.257. The van der Waals surface area contributed by atoms with E-state index in [1.54, 1.807) is 110 Å². The van der Waals surface area contributed by atoms with Gasteiger partial charge in [-0.2, -0.15) is 0 Å². The Kier molecular flexibility index (Phi) is 23.8. The normalized spacial score (nSPS) is 11.0. The molecule has 16 rings (SSSR count). The standard InChI is InChI=1S/C19H16N2OS.2C15H13FN2OS.C15H13FN2S.C14H11FN2S/c1-22-16-8-9-17-18(11-16)21-19(20-17)23-12-13-6-7-14-4-2-3-5-15(14)10-13;1-19-12-5-2-10(3-6-12)9-20-15-17-13-7-4-11(16)8-14(13)18-15;1-19-12-5-6-13-14(8-12)18-15(17-13)20-9-10-3-2-4-11(16)7-10;1-10-2-4-11(5-3-10)9-19-15-17-13-7-6-12(16)8-14(13)18-15;15-11-6-7-12-13(8-11)17-14(16-12)18-9-10-4-2-1-3-5-10/h2-11H,12H2,1H3,(H,20,21);2*2-8H,9H2,1H3,(H,17,18);2-8H,9H2,1H3,(H,17,18);1-8H,9H2,(H,16,17). The zero-order valence-electron chi connectivity index (χ0n) is 54.6. The Morgan fingerprint density at radius 3 is 1.02 bits per heavy atom. The van der Waals surface area contributed by atoms with Crippen molar-refractivity contribution in [1.29, 1.82) is 0 Å². The number of aromatic amines is 5. The average Bonchev–Trinajstić information content (AvgIpc) is 1.75. The number of thioether (sulfide) groups is 5. The highest BCUT2D eigenvalue weighted by Gasteiger charge is 2.11. The van der Waals surface area contributed by atoms with Crippen LogP contribution in [0.25, 0.3) is 65.9 Å². The van der Waals surface area contributed by atoms with Crippen LogP contribution < -0.4 is 14.2 Å². The molecule has 0 bridgehead atoms. The average molecular weight is 1430 g/mol. The fourth-order valence-electron chi connectivity index (χ4n) is 10.1. The van der Waals surface area contributed by atoms with Crippen molar-refractivity contribution >= 4 is 125 Å². The molecule has 0 atom stereocenters. The first-order valence-electron chi connectivity index (χ1n) is 31.4. The molecular weight excluding hydrogens is 1360 g/mol. The van der Waals surface area contributed by atoms with Gasteiger partial charge in [0.05, 0.1) is 76.5 Å². The number of nitrogens with zero attached hydrogens (tertiary/aromatic N) is 5. The molecule has 0 amide bonds. The van der Waals surface area contributed by atoms with Crippen LogP contribution in [0.5, 0.6) is 17.2 Å². The topological polar surface area (TPSA) is 171 Å². The zero-order valence-corrected chi connectivity index (χ0v) is 58.6. The molecule has 5 N–H and O–H groups in total. The number of fused-ring (bicyclic) bond motifs is 6. The maximum Gasteiger partial charge on any atom is 0.166 e. The minimum absolute atomic E-state index is 0.211. The molecule has 504 valence electrons. The van der Waals surface area contributed by atoms with Gasteiger partial charge in [0.15, 0.2) is 25.8 Å². The van der Waals surface area contributed by atoms with Gasteiger partial charge >= 0.3 is 0 Å². The summed E-state index contributed by atoms with van der Waals surface area (Å²) >= 11 is 8.09. The molecule has 13 nitrogen and oxygen atoms in total. The third kappa shape index (κ3) is 19.6. The van der Waals surface area contributed by atoms with Crippen LogP contribution in [0.3, 0.4) is 0 Å². The Morgan fingerprint density at radius 2 is 0.600 bits per heavy atom. The summed E-state index contributed by atoms with van der Waals surface area (Å²) in [6.45, 7) is 2.07. The van der Waals surface area contributed by atoms with Crippen LogP contribution in [-0.4, -0.2) is 71.2 Å². The molecule has 100 heavy (non-hydrogen) atoms. The van der Waals surface area contributed by atoms with Gasteiger partial charge in [-0.05, 0) is 149 Å². The van der Waals surface area contributed by atoms with E-state index in [4.69, 9.17) is 14.2 Å². The highest BCUT2D eigenvalue weighted by atomic mass is 32.2. The van der Waals surface area contributed by atoms with Crippen LogP contribution in [0, 0.1) is 30.2 Å². The van der Waals surface area contributed by atoms with E-state index in [1.807, 2.05) is 84.9 Å². The monoisotopic (exact) mass is 1430 g/mol. The van der Waals surface area contributed by atoms with E-state index < -0.39 is 0 Å². The molecule has 22 heteroatoms. The van der Waals surface area contributed by atoms with Gasteiger partial charge in [0, 0.05) is 40.9 Å². The first-order chi connectivity index (χ1) is 48.8. The highest BCUT2D eigenvalue weighted by Crippen LogP contribution is 2.31. The van der Waals surface area contributed by atoms with Crippen LogP contribution in [0.2, 0.25) is 0 Å². The first kappa shape index (κ1) is 69.8. The molecular formula is C78H66F4N10O3S5. The van der Waals surface area contributed by atoms with E-state index >= 15 is 0 Å². The van der Waals surface area contributed by atoms with E-state index in [-0.39, 0.29) is 23.3 Å². The lowest BCUT2D eigenvalue weighted by Gasteiger charge is -2.02. The summed E-state index contributed by atoms with van der Waals surface area (Å²) < 4.78 is 67.9. The third-order valence-electron chi connectivity index (χ3n) is 15.3. The summed E-state index contributed by atoms with van der Waals surface area (Å²) in [4.78, 5) is 38.3.